The molecule has 0 spiro atoms. The molecule has 0 radical (unpaired) electrons. The summed E-state index contributed by atoms with van der Waals surface area (Å²) in [6, 6.07) is 20.2. The Morgan fingerprint density at radius 1 is 1.07 bits per heavy atom. The number of hydrogen-bond donors (Lipinski definition) is 1. The fourth-order valence-electron chi connectivity index (χ4n) is 3.08. The first-order chi connectivity index (χ1) is 14.7. The molecule has 0 atom stereocenters. The van der Waals surface area contributed by atoms with Gasteiger partial charge >= 0.3 is 0 Å². The van der Waals surface area contributed by atoms with Crippen LogP contribution in [0.25, 0.3) is 0 Å². The van der Waals surface area contributed by atoms with Crippen LogP contribution in [0.15, 0.2) is 72.9 Å². The minimum atomic E-state index is -0.179. The Morgan fingerprint density at radius 2 is 1.93 bits per heavy atom. The molecule has 0 unspecified atom stereocenters. The third-order valence-electron chi connectivity index (χ3n) is 4.52. The van der Waals surface area contributed by atoms with Crippen LogP contribution in [0, 0.1) is 11.8 Å². The number of rotatable bonds is 4. The molecule has 0 saturated heterocycles. The molecule has 1 aliphatic heterocycles. The second kappa shape index (κ2) is 8.93. The number of para-hydroxylation sites is 2. The fourth-order valence-corrected chi connectivity index (χ4v) is 3.08. The lowest BCUT2D eigenvalue weighted by Crippen LogP contribution is -2.40. The Morgan fingerprint density at radius 3 is 2.80 bits per heavy atom. The number of ether oxygens (including phenoxy) is 1. The molecule has 1 aliphatic rings. The number of benzene rings is 2. The summed E-state index contributed by atoms with van der Waals surface area (Å²) in [6.07, 6.45) is 1.86. The maximum atomic E-state index is 12.4. The Hall–Kier alpha value is -4.11. The average Bonchev–Trinajstić information content (AvgIpc) is 2.78. The van der Waals surface area contributed by atoms with E-state index in [0.717, 1.165) is 5.56 Å². The van der Waals surface area contributed by atoms with Crippen molar-refractivity contribution >= 4 is 23.2 Å². The summed E-state index contributed by atoms with van der Waals surface area (Å²) >= 11 is 0. The molecule has 0 aliphatic carbocycles. The van der Waals surface area contributed by atoms with Crippen LogP contribution in [0.2, 0.25) is 0 Å². The van der Waals surface area contributed by atoms with Gasteiger partial charge in [-0.1, -0.05) is 30.2 Å². The highest BCUT2D eigenvalue weighted by atomic mass is 16.5. The molecule has 148 valence electrons. The first kappa shape index (κ1) is 19.2. The number of amides is 2. The number of carbonyl (C=O) groups excluding carboxylic acids is 2. The van der Waals surface area contributed by atoms with Crippen molar-refractivity contribution in [3.05, 3.63) is 84.2 Å². The van der Waals surface area contributed by atoms with Gasteiger partial charge in [-0.3, -0.25) is 9.59 Å². The Balaban J connectivity index is 1.38. The quantitative estimate of drug-likeness (QED) is 0.686. The summed E-state index contributed by atoms with van der Waals surface area (Å²) in [5.74, 6) is 6.35. The van der Waals surface area contributed by atoms with E-state index in [1.54, 1.807) is 17.2 Å². The molecule has 30 heavy (non-hydrogen) atoms. The predicted molar refractivity (Wildman–Crippen MR) is 114 cm³/mol. The zero-order valence-electron chi connectivity index (χ0n) is 16.2. The Labute approximate surface area is 174 Å². The Kier molecular flexibility index (Phi) is 5.72. The SMILES string of the molecule is O=C(CCN1C(=O)COc2ccccc21)Nc1cccc(C#Cc2ccccn2)c1. The number of carbonyl (C=O) groups is 2. The van der Waals surface area contributed by atoms with Gasteiger partial charge in [0.25, 0.3) is 5.91 Å². The highest BCUT2D eigenvalue weighted by Gasteiger charge is 2.25. The lowest BCUT2D eigenvalue weighted by molar-refractivity contribution is -0.121. The summed E-state index contributed by atoms with van der Waals surface area (Å²) in [5.41, 5.74) is 2.80. The van der Waals surface area contributed by atoms with E-state index >= 15 is 0 Å². The number of hydrogen-bond acceptors (Lipinski definition) is 4. The van der Waals surface area contributed by atoms with Crippen LogP contribution in [-0.4, -0.2) is 29.9 Å². The highest BCUT2D eigenvalue weighted by molar-refractivity contribution is 5.99. The van der Waals surface area contributed by atoms with Crippen molar-refractivity contribution in [3.63, 3.8) is 0 Å². The van der Waals surface area contributed by atoms with Crippen LogP contribution in [-0.2, 0) is 9.59 Å². The van der Waals surface area contributed by atoms with Gasteiger partial charge in [0.05, 0.1) is 5.69 Å². The first-order valence-corrected chi connectivity index (χ1v) is 9.54. The smallest absolute Gasteiger partial charge is 0.265 e. The molecular weight excluding hydrogens is 378 g/mol. The molecule has 6 nitrogen and oxygen atoms in total. The number of anilines is 2. The molecule has 0 bridgehead atoms. The van der Waals surface area contributed by atoms with Crippen LogP contribution in [0.1, 0.15) is 17.7 Å². The average molecular weight is 397 g/mol. The molecule has 2 aromatic carbocycles. The summed E-state index contributed by atoms with van der Waals surface area (Å²) in [5, 5.41) is 2.87. The standard InChI is InChI=1S/C24H19N3O3/c28-23(13-15-27-21-9-1-2-10-22(21)30-17-24(27)29)26-20-8-5-6-18(16-20)11-12-19-7-3-4-14-25-19/h1-10,14,16H,13,15,17H2,(H,26,28). The van der Waals surface area contributed by atoms with Gasteiger partial charge in [-0.25, -0.2) is 4.98 Å². The lowest BCUT2D eigenvalue weighted by atomic mass is 10.2. The van der Waals surface area contributed by atoms with Crippen molar-refractivity contribution in [1.82, 2.24) is 4.98 Å². The number of fused-ring (bicyclic) bond motifs is 1. The third kappa shape index (κ3) is 4.65. The summed E-state index contributed by atoms with van der Waals surface area (Å²) in [4.78, 5) is 30.4. The minimum Gasteiger partial charge on any atom is -0.482 e. The first-order valence-electron chi connectivity index (χ1n) is 9.54. The number of nitrogens with zero attached hydrogens (tertiary/aromatic N) is 2. The van der Waals surface area contributed by atoms with Crippen molar-refractivity contribution in [1.29, 1.82) is 0 Å². The van der Waals surface area contributed by atoms with Gasteiger partial charge in [0.15, 0.2) is 6.61 Å². The van der Waals surface area contributed by atoms with E-state index in [0.29, 0.717) is 22.8 Å². The Bertz CT molecular complexity index is 1130. The predicted octanol–water partition coefficient (Wildman–Crippen LogP) is 3.24. The summed E-state index contributed by atoms with van der Waals surface area (Å²) < 4.78 is 5.43. The second-order valence-corrected chi connectivity index (χ2v) is 6.65. The molecule has 2 amide bonds. The van der Waals surface area contributed by atoms with E-state index in [1.807, 2.05) is 60.7 Å². The monoisotopic (exact) mass is 397 g/mol. The van der Waals surface area contributed by atoms with Crippen molar-refractivity contribution in [2.45, 2.75) is 6.42 Å². The van der Waals surface area contributed by atoms with Gasteiger partial charge in [0.2, 0.25) is 5.91 Å². The molecule has 1 N–H and O–H groups in total. The van der Waals surface area contributed by atoms with Gasteiger partial charge in [0, 0.05) is 30.4 Å². The number of aromatic nitrogens is 1. The largest absolute Gasteiger partial charge is 0.482 e. The topological polar surface area (TPSA) is 71.5 Å². The highest BCUT2D eigenvalue weighted by Crippen LogP contribution is 2.31. The number of pyridine rings is 1. The van der Waals surface area contributed by atoms with Crippen molar-refractivity contribution in [2.24, 2.45) is 0 Å². The van der Waals surface area contributed by atoms with E-state index in [2.05, 4.69) is 22.1 Å². The summed E-state index contributed by atoms with van der Waals surface area (Å²) in [7, 11) is 0. The minimum absolute atomic E-state index is 0.0182. The maximum Gasteiger partial charge on any atom is 0.265 e. The summed E-state index contributed by atoms with van der Waals surface area (Å²) in [6.45, 7) is 0.264. The molecule has 1 aromatic heterocycles. The van der Waals surface area contributed by atoms with Gasteiger partial charge in [-0.2, -0.15) is 0 Å². The normalized spacial score (nSPS) is 12.3. The van der Waals surface area contributed by atoms with Crippen LogP contribution < -0.4 is 15.0 Å². The maximum absolute atomic E-state index is 12.4. The molecule has 0 saturated carbocycles. The van der Waals surface area contributed by atoms with Crippen LogP contribution >= 0.6 is 0 Å². The van der Waals surface area contributed by atoms with Gasteiger partial charge in [-0.15, -0.1) is 0 Å². The molecule has 2 heterocycles. The van der Waals surface area contributed by atoms with E-state index in [9.17, 15) is 9.59 Å². The molecule has 6 heteroatoms. The number of nitrogens with one attached hydrogen (secondary N) is 1. The zero-order chi connectivity index (χ0) is 20.8. The van der Waals surface area contributed by atoms with Crippen molar-refractivity contribution in [3.8, 4) is 17.6 Å². The van der Waals surface area contributed by atoms with Crippen molar-refractivity contribution < 1.29 is 14.3 Å². The molecular formula is C24H19N3O3. The van der Waals surface area contributed by atoms with Crippen molar-refractivity contribution in [2.75, 3.05) is 23.4 Å². The van der Waals surface area contributed by atoms with E-state index in [4.69, 9.17) is 4.74 Å². The van der Waals surface area contributed by atoms with E-state index < -0.39 is 0 Å². The molecule has 4 rings (SSSR count). The molecule has 3 aromatic rings. The second-order valence-electron chi connectivity index (χ2n) is 6.65. The van der Waals surface area contributed by atoms with E-state index in [-0.39, 0.29) is 31.4 Å². The third-order valence-corrected chi connectivity index (χ3v) is 4.52. The van der Waals surface area contributed by atoms with Gasteiger partial charge in [-0.05, 0) is 48.4 Å². The van der Waals surface area contributed by atoms with Crippen LogP contribution in [0.4, 0.5) is 11.4 Å². The lowest BCUT2D eigenvalue weighted by Gasteiger charge is -2.29. The van der Waals surface area contributed by atoms with Crippen LogP contribution in [0.3, 0.4) is 0 Å². The fraction of sp³-hybridized carbons (Fsp3) is 0.125. The zero-order valence-corrected chi connectivity index (χ0v) is 16.2. The van der Waals surface area contributed by atoms with Crippen LogP contribution in [0.5, 0.6) is 5.75 Å². The molecule has 0 fully saturated rings. The van der Waals surface area contributed by atoms with E-state index in [1.165, 1.54) is 0 Å². The van der Waals surface area contributed by atoms with Gasteiger partial charge in [0.1, 0.15) is 11.4 Å². The van der Waals surface area contributed by atoms with Gasteiger partial charge < -0.3 is 15.0 Å².